The van der Waals surface area contributed by atoms with Crippen LogP contribution in [0.1, 0.15) is 60.7 Å². The number of nitrogens with zero attached hydrogens (tertiary/aromatic N) is 2. The normalized spacial score (nSPS) is 12.0. The van der Waals surface area contributed by atoms with Crippen LogP contribution < -0.4 is 0 Å². The summed E-state index contributed by atoms with van der Waals surface area (Å²) in [7, 11) is 0. The van der Waals surface area contributed by atoms with Crippen LogP contribution in [-0.2, 0) is 11.8 Å². The van der Waals surface area contributed by atoms with Crippen LogP contribution in [0.3, 0.4) is 0 Å². The van der Waals surface area contributed by atoms with Crippen LogP contribution in [0.4, 0.5) is 0 Å². The third kappa shape index (κ3) is 3.09. The van der Waals surface area contributed by atoms with E-state index in [1.807, 2.05) is 18.2 Å². The van der Waals surface area contributed by atoms with Gasteiger partial charge in [-0.05, 0) is 29.9 Å². The zero-order chi connectivity index (χ0) is 18.4. The third-order valence-electron chi connectivity index (χ3n) is 4.43. The van der Waals surface area contributed by atoms with E-state index in [-0.39, 0.29) is 5.41 Å². The van der Waals surface area contributed by atoms with E-state index in [0.29, 0.717) is 17.8 Å². The van der Waals surface area contributed by atoms with E-state index in [9.17, 15) is 9.90 Å². The van der Waals surface area contributed by atoms with Crippen molar-refractivity contribution in [3.05, 3.63) is 46.1 Å². The van der Waals surface area contributed by atoms with Gasteiger partial charge in [0.05, 0.1) is 11.4 Å². The van der Waals surface area contributed by atoms with Crippen molar-refractivity contribution in [3.63, 3.8) is 0 Å². The van der Waals surface area contributed by atoms with Crippen molar-refractivity contribution >= 4 is 22.3 Å². The van der Waals surface area contributed by atoms with Gasteiger partial charge in [-0.1, -0.05) is 58.4 Å². The van der Waals surface area contributed by atoms with E-state index in [4.69, 9.17) is 0 Å². The molecular weight excluding hydrogens is 332 g/mol. The van der Waals surface area contributed by atoms with Crippen molar-refractivity contribution in [2.75, 3.05) is 0 Å². The Hall–Kier alpha value is -2.14. The maximum absolute atomic E-state index is 11.9. The number of aromatic nitrogens is 2. The van der Waals surface area contributed by atoms with Crippen molar-refractivity contribution in [1.82, 2.24) is 9.38 Å². The van der Waals surface area contributed by atoms with Crippen LogP contribution in [0.2, 0.25) is 0 Å². The molecule has 0 fully saturated rings. The van der Waals surface area contributed by atoms with Gasteiger partial charge in [0.1, 0.15) is 0 Å². The fourth-order valence-electron chi connectivity index (χ4n) is 3.15. The molecule has 1 aromatic carbocycles. The number of carbonyl (C=O) groups is 1. The summed E-state index contributed by atoms with van der Waals surface area (Å²) in [5.74, 6) is -0.915. The summed E-state index contributed by atoms with van der Waals surface area (Å²) < 4.78 is 1.82. The third-order valence-corrected chi connectivity index (χ3v) is 5.39. The number of imidazole rings is 1. The molecule has 0 aliphatic heterocycles. The van der Waals surface area contributed by atoms with Crippen LogP contribution in [0.25, 0.3) is 16.2 Å². The highest BCUT2D eigenvalue weighted by molar-refractivity contribution is 7.17. The highest BCUT2D eigenvalue weighted by atomic mass is 32.1. The first-order valence-electron chi connectivity index (χ1n) is 8.59. The van der Waals surface area contributed by atoms with E-state index >= 15 is 0 Å². The molecule has 0 saturated carbocycles. The molecule has 25 heavy (non-hydrogen) atoms. The highest BCUT2D eigenvalue weighted by Crippen LogP contribution is 2.35. The number of fused-ring (bicyclic) bond motifs is 1. The fraction of sp³-hybridized carbons (Fsp3) is 0.400. The van der Waals surface area contributed by atoms with Gasteiger partial charge in [0, 0.05) is 4.88 Å². The van der Waals surface area contributed by atoms with Gasteiger partial charge in [-0.15, -0.1) is 11.3 Å². The number of rotatable bonds is 4. The van der Waals surface area contributed by atoms with Gasteiger partial charge in [0.2, 0.25) is 0 Å². The minimum atomic E-state index is -0.915. The van der Waals surface area contributed by atoms with Crippen LogP contribution in [0, 0.1) is 6.92 Å². The second kappa shape index (κ2) is 6.30. The molecule has 0 amide bonds. The average Bonchev–Trinajstić information content (AvgIpc) is 3.00. The molecular formula is C20H24N2O2S. The quantitative estimate of drug-likeness (QED) is 0.688. The maximum atomic E-state index is 11.9. The molecule has 132 valence electrons. The lowest BCUT2D eigenvalue weighted by molar-refractivity contribution is 0.0688. The summed E-state index contributed by atoms with van der Waals surface area (Å²) in [6, 6.07) is 8.42. The number of hydrogen-bond acceptors (Lipinski definition) is 3. The second-order valence-corrected chi connectivity index (χ2v) is 8.60. The largest absolute Gasteiger partial charge is 0.477 e. The van der Waals surface area contributed by atoms with Crippen molar-refractivity contribution in [2.45, 2.75) is 52.9 Å². The van der Waals surface area contributed by atoms with Crippen LogP contribution in [0.15, 0.2) is 24.3 Å². The first-order valence-corrected chi connectivity index (χ1v) is 9.40. The zero-order valence-electron chi connectivity index (χ0n) is 15.4. The molecule has 2 aromatic heterocycles. The van der Waals surface area contributed by atoms with Gasteiger partial charge in [-0.3, -0.25) is 4.40 Å². The standard InChI is InChI=1S/C20H24N2O2S/c1-6-7-15-17(18(23)24)22-16(12(2)25-19(22)21-15)13-8-10-14(11-9-13)20(3,4)5/h8-11H,6-7H2,1-5H3,(H,23,24). The predicted molar refractivity (Wildman–Crippen MR) is 103 cm³/mol. The fourth-order valence-corrected chi connectivity index (χ4v) is 4.16. The van der Waals surface area contributed by atoms with E-state index in [0.717, 1.165) is 27.5 Å². The average molecular weight is 356 g/mol. The topological polar surface area (TPSA) is 54.6 Å². The van der Waals surface area contributed by atoms with Crippen molar-refractivity contribution in [2.24, 2.45) is 0 Å². The molecule has 0 unspecified atom stereocenters. The zero-order valence-corrected chi connectivity index (χ0v) is 16.2. The summed E-state index contributed by atoms with van der Waals surface area (Å²) in [6.45, 7) is 10.6. The predicted octanol–water partition coefficient (Wildman–Crippen LogP) is 5.32. The van der Waals surface area contributed by atoms with E-state index in [1.165, 1.54) is 5.56 Å². The summed E-state index contributed by atoms with van der Waals surface area (Å²) in [5, 5.41) is 9.75. The molecule has 0 spiro atoms. The first kappa shape index (κ1) is 17.7. The lowest BCUT2D eigenvalue weighted by Gasteiger charge is -2.19. The Morgan fingerprint density at radius 2 is 1.88 bits per heavy atom. The Balaban J connectivity index is 2.22. The maximum Gasteiger partial charge on any atom is 0.354 e. The van der Waals surface area contributed by atoms with Gasteiger partial charge < -0.3 is 5.11 Å². The smallest absolute Gasteiger partial charge is 0.354 e. The highest BCUT2D eigenvalue weighted by Gasteiger charge is 2.24. The number of hydrogen-bond donors (Lipinski definition) is 1. The minimum absolute atomic E-state index is 0.0903. The molecule has 0 radical (unpaired) electrons. The summed E-state index contributed by atoms with van der Waals surface area (Å²) in [6.07, 6.45) is 1.55. The monoisotopic (exact) mass is 356 g/mol. The lowest BCUT2D eigenvalue weighted by Crippen LogP contribution is -2.10. The van der Waals surface area contributed by atoms with Gasteiger partial charge >= 0.3 is 5.97 Å². The van der Waals surface area contributed by atoms with Crippen molar-refractivity contribution in [1.29, 1.82) is 0 Å². The molecule has 0 saturated heterocycles. The van der Waals surface area contributed by atoms with Crippen LogP contribution >= 0.6 is 11.3 Å². The molecule has 0 aliphatic carbocycles. The number of thiazole rings is 1. The molecule has 0 aliphatic rings. The second-order valence-electron chi connectivity index (χ2n) is 7.41. The summed E-state index contributed by atoms with van der Waals surface area (Å²) >= 11 is 1.55. The number of carboxylic acids is 1. The molecule has 5 heteroatoms. The number of aryl methyl sites for hydroxylation is 2. The summed E-state index contributed by atoms with van der Waals surface area (Å²) in [4.78, 5) is 18.3. The van der Waals surface area contributed by atoms with E-state index < -0.39 is 5.97 Å². The van der Waals surface area contributed by atoms with Crippen LogP contribution in [-0.4, -0.2) is 20.5 Å². The van der Waals surface area contributed by atoms with Crippen molar-refractivity contribution in [3.8, 4) is 11.3 Å². The summed E-state index contributed by atoms with van der Waals surface area (Å²) in [5.41, 5.74) is 4.29. The molecule has 1 N–H and O–H groups in total. The van der Waals surface area contributed by atoms with Gasteiger partial charge in [-0.25, -0.2) is 9.78 Å². The first-order chi connectivity index (χ1) is 11.7. The minimum Gasteiger partial charge on any atom is -0.477 e. The van der Waals surface area contributed by atoms with Gasteiger partial charge in [0.15, 0.2) is 10.7 Å². The molecule has 2 heterocycles. The number of carboxylic acid groups (broad SMARTS) is 1. The SMILES string of the molecule is CCCc1nc2sc(C)c(-c3ccc(C(C)(C)C)cc3)n2c1C(=O)O. The molecule has 4 nitrogen and oxygen atoms in total. The Morgan fingerprint density at radius 3 is 2.40 bits per heavy atom. The van der Waals surface area contributed by atoms with Gasteiger partial charge in [0.25, 0.3) is 0 Å². The Bertz CT molecular complexity index is 927. The van der Waals surface area contributed by atoms with E-state index in [1.54, 1.807) is 11.3 Å². The molecule has 0 atom stereocenters. The molecule has 3 aromatic rings. The number of aromatic carboxylic acids is 1. The van der Waals surface area contributed by atoms with Crippen LogP contribution in [0.5, 0.6) is 0 Å². The Labute approximate surface area is 152 Å². The molecule has 3 rings (SSSR count). The van der Waals surface area contributed by atoms with Gasteiger partial charge in [-0.2, -0.15) is 0 Å². The molecule has 0 bridgehead atoms. The van der Waals surface area contributed by atoms with Crippen molar-refractivity contribution < 1.29 is 9.90 Å². The Kier molecular flexibility index (Phi) is 4.45. The Morgan fingerprint density at radius 1 is 1.24 bits per heavy atom. The lowest BCUT2D eigenvalue weighted by atomic mass is 9.86. The number of benzene rings is 1. The van der Waals surface area contributed by atoms with E-state index in [2.05, 4.69) is 50.0 Å².